The van der Waals surface area contributed by atoms with Crippen LogP contribution in [0.2, 0.25) is 0 Å². The molecule has 5 rings (SSSR count). The largest absolute Gasteiger partial charge is 0.377 e. The van der Waals surface area contributed by atoms with E-state index in [0.29, 0.717) is 37.7 Å². The first-order valence-electron chi connectivity index (χ1n) is 9.10. The summed E-state index contributed by atoms with van der Waals surface area (Å²) >= 11 is 1.52. The number of ether oxygens (including phenoxy) is 1. The molecule has 2 aliphatic heterocycles. The smallest absolute Gasteiger partial charge is 0.255 e. The number of hydrogen-bond acceptors (Lipinski definition) is 8. The molecule has 1 saturated heterocycles. The van der Waals surface area contributed by atoms with Crippen molar-refractivity contribution in [3.63, 3.8) is 0 Å². The summed E-state index contributed by atoms with van der Waals surface area (Å²) < 4.78 is 5.68. The molecule has 10 heteroatoms. The van der Waals surface area contributed by atoms with Crippen LogP contribution in [0.3, 0.4) is 0 Å². The topological polar surface area (TPSA) is 100 Å². The number of aromatic amines is 1. The molecular formula is C18H19N7O2S. The zero-order valence-electron chi connectivity index (χ0n) is 15.5. The van der Waals surface area contributed by atoms with Crippen LogP contribution in [0.4, 0.5) is 11.5 Å². The molecule has 1 amide bonds. The van der Waals surface area contributed by atoms with E-state index < -0.39 is 5.54 Å². The first-order chi connectivity index (χ1) is 13.7. The average molecular weight is 397 g/mol. The summed E-state index contributed by atoms with van der Waals surface area (Å²) in [7, 11) is 1.77. The van der Waals surface area contributed by atoms with Crippen molar-refractivity contribution in [2.75, 3.05) is 36.6 Å². The van der Waals surface area contributed by atoms with Gasteiger partial charge in [0.1, 0.15) is 21.9 Å². The number of aromatic nitrogens is 5. The highest BCUT2D eigenvalue weighted by molar-refractivity contribution is 7.13. The highest BCUT2D eigenvalue weighted by atomic mass is 32.1. The molecule has 9 nitrogen and oxygen atoms in total. The number of nitrogens with zero attached hydrogens (tertiary/aromatic N) is 6. The molecule has 144 valence electrons. The van der Waals surface area contributed by atoms with Gasteiger partial charge in [-0.1, -0.05) is 6.92 Å². The minimum Gasteiger partial charge on any atom is -0.377 e. The second-order valence-corrected chi connectivity index (χ2v) is 7.75. The van der Waals surface area contributed by atoms with Gasteiger partial charge in [0.2, 0.25) is 0 Å². The van der Waals surface area contributed by atoms with Gasteiger partial charge >= 0.3 is 0 Å². The van der Waals surface area contributed by atoms with Crippen LogP contribution in [0, 0.1) is 0 Å². The molecule has 0 radical (unpaired) electrons. The molecule has 0 unspecified atom stereocenters. The molecular weight excluding hydrogens is 378 g/mol. The third kappa shape index (κ3) is 2.31. The van der Waals surface area contributed by atoms with Crippen LogP contribution in [0.25, 0.3) is 22.1 Å². The molecule has 1 atom stereocenters. The number of hydrogen-bond donors (Lipinski definition) is 1. The van der Waals surface area contributed by atoms with Gasteiger partial charge in [-0.05, 0) is 6.42 Å². The highest BCUT2D eigenvalue weighted by Crippen LogP contribution is 2.42. The number of thiazole rings is 1. The molecule has 0 aliphatic carbocycles. The van der Waals surface area contributed by atoms with Gasteiger partial charge in [0.25, 0.3) is 5.91 Å². The van der Waals surface area contributed by atoms with Crippen LogP contribution in [0.5, 0.6) is 0 Å². The van der Waals surface area contributed by atoms with E-state index in [1.165, 1.54) is 11.3 Å². The summed E-state index contributed by atoms with van der Waals surface area (Å²) in [6, 6.07) is 0. The van der Waals surface area contributed by atoms with Crippen LogP contribution in [-0.2, 0) is 9.53 Å². The van der Waals surface area contributed by atoms with Crippen LogP contribution < -0.4 is 9.80 Å². The van der Waals surface area contributed by atoms with Gasteiger partial charge in [0.05, 0.1) is 31.2 Å². The van der Waals surface area contributed by atoms with Crippen LogP contribution in [0.1, 0.15) is 13.3 Å². The fraction of sp³-hybridized carbons (Fsp3) is 0.389. The van der Waals surface area contributed by atoms with Crippen molar-refractivity contribution in [3.05, 3.63) is 24.0 Å². The van der Waals surface area contributed by atoms with Crippen LogP contribution >= 0.6 is 11.3 Å². The SMILES string of the molecule is CC[C@@]12COCCN1c1nc(-c3cn[nH]c3-c3nccs3)ncc1N(C)C2=O. The van der Waals surface area contributed by atoms with Crippen LogP contribution in [-0.4, -0.2) is 63.4 Å². The zero-order chi connectivity index (χ0) is 19.3. The van der Waals surface area contributed by atoms with Crippen molar-refractivity contribution in [1.29, 1.82) is 0 Å². The Kier molecular flexibility index (Phi) is 3.91. The average Bonchev–Trinajstić information content (AvgIpc) is 3.43. The Morgan fingerprint density at radius 1 is 1.36 bits per heavy atom. The number of likely N-dealkylation sites (N-methyl/N-ethyl adjacent to an activating group) is 1. The van der Waals surface area contributed by atoms with Gasteiger partial charge in [0, 0.05) is 25.2 Å². The van der Waals surface area contributed by atoms with E-state index in [1.807, 2.05) is 12.3 Å². The fourth-order valence-electron chi connectivity index (χ4n) is 3.94. The lowest BCUT2D eigenvalue weighted by molar-refractivity contribution is -0.128. The molecule has 3 aromatic rings. The molecule has 0 spiro atoms. The third-order valence-corrected chi connectivity index (χ3v) is 6.29. The van der Waals surface area contributed by atoms with E-state index >= 15 is 0 Å². The summed E-state index contributed by atoms with van der Waals surface area (Å²) in [5, 5.41) is 9.91. The standard InChI is InChI=1S/C18H19N7O2S/c1-3-18-10-27-6-5-25(18)15-12(24(2)17(18)26)9-20-14(22-15)11-8-21-23-13(11)16-19-4-7-28-16/h4,7-9H,3,5-6,10H2,1-2H3,(H,21,23)/t18-/m0/s1. The molecule has 1 N–H and O–H groups in total. The van der Waals surface area contributed by atoms with Gasteiger partial charge in [-0.2, -0.15) is 5.10 Å². The number of nitrogens with one attached hydrogen (secondary N) is 1. The number of carbonyl (C=O) groups is 1. The first-order valence-corrected chi connectivity index (χ1v) is 9.98. The van der Waals surface area contributed by atoms with Crippen molar-refractivity contribution in [2.24, 2.45) is 0 Å². The summed E-state index contributed by atoms with van der Waals surface area (Å²) in [6.07, 6.45) is 5.82. The highest BCUT2D eigenvalue weighted by Gasteiger charge is 2.52. The summed E-state index contributed by atoms with van der Waals surface area (Å²) in [5.74, 6) is 1.32. The number of carbonyl (C=O) groups excluding carboxylic acids is 1. The Morgan fingerprint density at radius 3 is 3.04 bits per heavy atom. The van der Waals surface area contributed by atoms with E-state index in [4.69, 9.17) is 9.72 Å². The Hall–Kier alpha value is -2.85. The van der Waals surface area contributed by atoms with E-state index in [-0.39, 0.29) is 5.91 Å². The number of H-pyrrole nitrogens is 1. The molecule has 5 heterocycles. The van der Waals surface area contributed by atoms with Gasteiger partial charge in [-0.3, -0.25) is 9.89 Å². The predicted molar refractivity (Wildman–Crippen MR) is 105 cm³/mol. The molecule has 0 bridgehead atoms. The minimum atomic E-state index is -0.722. The van der Waals surface area contributed by atoms with E-state index in [9.17, 15) is 4.79 Å². The zero-order valence-corrected chi connectivity index (χ0v) is 16.4. The molecule has 0 aromatic carbocycles. The maximum absolute atomic E-state index is 13.1. The van der Waals surface area contributed by atoms with E-state index in [1.54, 1.807) is 30.5 Å². The molecule has 2 aliphatic rings. The second kappa shape index (κ2) is 6.35. The van der Waals surface area contributed by atoms with E-state index in [0.717, 1.165) is 22.1 Å². The second-order valence-electron chi connectivity index (χ2n) is 6.85. The van der Waals surface area contributed by atoms with E-state index in [2.05, 4.69) is 25.1 Å². The number of anilines is 2. The maximum atomic E-state index is 13.1. The Bertz CT molecular complexity index is 1030. The minimum absolute atomic E-state index is 0.0188. The monoisotopic (exact) mass is 397 g/mol. The Labute approximate surface area is 165 Å². The van der Waals surface area contributed by atoms with Crippen molar-refractivity contribution in [1.82, 2.24) is 25.1 Å². The Morgan fingerprint density at radius 2 is 2.25 bits per heavy atom. The predicted octanol–water partition coefficient (Wildman–Crippen LogP) is 1.95. The first kappa shape index (κ1) is 17.3. The van der Waals surface area contributed by atoms with Gasteiger partial charge < -0.3 is 14.5 Å². The van der Waals surface area contributed by atoms with Crippen molar-refractivity contribution in [3.8, 4) is 22.1 Å². The fourth-order valence-corrected chi connectivity index (χ4v) is 4.58. The maximum Gasteiger partial charge on any atom is 0.255 e. The molecule has 1 fully saturated rings. The summed E-state index contributed by atoms with van der Waals surface area (Å²) in [4.78, 5) is 30.6. The van der Waals surface area contributed by atoms with Crippen LogP contribution in [0.15, 0.2) is 24.0 Å². The lowest BCUT2D eigenvalue weighted by Crippen LogP contribution is -2.68. The van der Waals surface area contributed by atoms with Gasteiger partial charge in [-0.15, -0.1) is 11.3 Å². The van der Waals surface area contributed by atoms with Gasteiger partial charge in [-0.25, -0.2) is 15.0 Å². The molecule has 28 heavy (non-hydrogen) atoms. The summed E-state index contributed by atoms with van der Waals surface area (Å²) in [6.45, 7) is 3.55. The third-order valence-electron chi connectivity index (χ3n) is 5.50. The van der Waals surface area contributed by atoms with Crippen molar-refractivity contribution in [2.45, 2.75) is 18.9 Å². The van der Waals surface area contributed by atoms with Gasteiger partial charge in [0.15, 0.2) is 11.6 Å². The number of rotatable bonds is 3. The Balaban J connectivity index is 1.65. The molecule has 0 saturated carbocycles. The lowest BCUT2D eigenvalue weighted by Gasteiger charge is -2.51. The molecule has 3 aromatic heterocycles. The quantitative estimate of drug-likeness (QED) is 0.721. The number of morpholine rings is 1. The number of fused-ring (bicyclic) bond motifs is 3. The normalized spacial score (nSPS) is 21.6. The summed E-state index contributed by atoms with van der Waals surface area (Å²) in [5.41, 5.74) is 1.56. The number of amides is 1. The lowest BCUT2D eigenvalue weighted by atomic mass is 9.89. The van der Waals surface area contributed by atoms with Crippen molar-refractivity contribution < 1.29 is 9.53 Å². The van der Waals surface area contributed by atoms with Crippen molar-refractivity contribution >= 4 is 28.7 Å².